The fraction of sp³-hybridized carbons (Fsp3) is 0.538. The van der Waals surface area contributed by atoms with E-state index in [-0.39, 0.29) is 16.7 Å². The van der Waals surface area contributed by atoms with Gasteiger partial charge in [-0.1, -0.05) is 12.1 Å². The molecule has 20 heavy (non-hydrogen) atoms. The minimum Gasteiger partial charge on any atom is -0.388 e. The maximum Gasteiger partial charge on any atom is 0.446 e. The SMILES string of the molecule is OC1(CNCc2ccc(SC(F)(F)F)cc2)CCSC1. The molecule has 1 aromatic rings. The van der Waals surface area contributed by atoms with Crippen molar-refractivity contribution in [2.75, 3.05) is 18.1 Å². The minimum absolute atomic E-state index is 0.110. The summed E-state index contributed by atoms with van der Waals surface area (Å²) in [4.78, 5) is 0.187. The maximum absolute atomic E-state index is 12.2. The monoisotopic (exact) mass is 323 g/mol. The Bertz CT molecular complexity index is 430. The Labute approximate surface area is 124 Å². The lowest BCUT2D eigenvalue weighted by Crippen LogP contribution is -2.40. The summed E-state index contributed by atoms with van der Waals surface area (Å²) in [5.74, 6) is 1.71. The van der Waals surface area contributed by atoms with Gasteiger partial charge in [0.25, 0.3) is 0 Å². The summed E-state index contributed by atoms with van der Waals surface area (Å²) < 4.78 is 36.5. The van der Waals surface area contributed by atoms with E-state index in [1.807, 2.05) is 0 Å². The van der Waals surface area contributed by atoms with Gasteiger partial charge in [0.2, 0.25) is 0 Å². The summed E-state index contributed by atoms with van der Waals surface area (Å²) in [6.07, 6.45) is 0.784. The van der Waals surface area contributed by atoms with Crippen molar-refractivity contribution in [1.29, 1.82) is 0 Å². The van der Waals surface area contributed by atoms with Gasteiger partial charge in [-0.2, -0.15) is 24.9 Å². The van der Waals surface area contributed by atoms with Gasteiger partial charge in [0.15, 0.2) is 0 Å². The van der Waals surface area contributed by atoms with Crippen molar-refractivity contribution < 1.29 is 18.3 Å². The smallest absolute Gasteiger partial charge is 0.388 e. The third-order valence-corrected chi connectivity index (χ3v) is 5.00. The van der Waals surface area contributed by atoms with E-state index >= 15 is 0 Å². The van der Waals surface area contributed by atoms with Crippen LogP contribution in [0.15, 0.2) is 29.2 Å². The highest BCUT2D eigenvalue weighted by Crippen LogP contribution is 2.36. The largest absolute Gasteiger partial charge is 0.446 e. The van der Waals surface area contributed by atoms with Crippen LogP contribution in [0.2, 0.25) is 0 Å². The van der Waals surface area contributed by atoms with Crippen molar-refractivity contribution in [3.05, 3.63) is 29.8 Å². The van der Waals surface area contributed by atoms with Crippen LogP contribution in [0.4, 0.5) is 13.2 Å². The predicted molar refractivity (Wildman–Crippen MR) is 77.0 cm³/mol. The summed E-state index contributed by atoms with van der Waals surface area (Å²) in [6.45, 7) is 1.06. The van der Waals surface area contributed by atoms with Gasteiger partial charge in [0.05, 0.1) is 5.60 Å². The average Bonchev–Trinajstić information content (AvgIpc) is 2.77. The molecule has 1 unspecified atom stereocenters. The summed E-state index contributed by atoms with van der Waals surface area (Å²) in [7, 11) is 0. The van der Waals surface area contributed by atoms with E-state index < -0.39 is 11.1 Å². The third kappa shape index (κ3) is 5.20. The number of benzene rings is 1. The van der Waals surface area contributed by atoms with Crippen LogP contribution in [-0.2, 0) is 6.54 Å². The molecule has 0 bridgehead atoms. The fourth-order valence-electron chi connectivity index (χ4n) is 1.98. The number of hydrogen-bond donors (Lipinski definition) is 2. The van der Waals surface area contributed by atoms with E-state index in [9.17, 15) is 18.3 Å². The Kier molecular flexibility index (Phi) is 5.28. The first-order chi connectivity index (χ1) is 9.36. The molecule has 1 heterocycles. The van der Waals surface area contributed by atoms with Gasteiger partial charge in [-0.3, -0.25) is 0 Å². The quantitative estimate of drug-likeness (QED) is 0.815. The molecule has 2 rings (SSSR count). The number of alkyl halides is 3. The molecule has 0 aromatic heterocycles. The molecule has 0 radical (unpaired) electrons. The van der Waals surface area contributed by atoms with Crippen LogP contribution < -0.4 is 5.32 Å². The zero-order valence-corrected chi connectivity index (χ0v) is 12.4. The molecular formula is C13H16F3NOS2. The lowest BCUT2D eigenvalue weighted by Gasteiger charge is -2.21. The summed E-state index contributed by atoms with van der Waals surface area (Å²) >= 11 is 1.63. The summed E-state index contributed by atoms with van der Waals surface area (Å²) in [5.41, 5.74) is -3.98. The molecule has 1 atom stereocenters. The van der Waals surface area contributed by atoms with Gasteiger partial charge in [0, 0.05) is 23.7 Å². The molecule has 7 heteroatoms. The topological polar surface area (TPSA) is 32.3 Å². The van der Waals surface area contributed by atoms with Crippen molar-refractivity contribution in [1.82, 2.24) is 5.32 Å². The van der Waals surface area contributed by atoms with Crippen LogP contribution in [0.3, 0.4) is 0 Å². The van der Waals surface area contributed by atoms with Crippen LogP contribution in [0.5, 0.6) is 0 Å². The number of aliphatic hydroxyl groups is 1. The molecule has 0 spiro atoms. The van der Waals surface area contributed by atoms with E-state index in [4.69, 9.17) is 0 Å². The number of hydrogen-bond acceptors (Lipinski definition) is 4. The second kappa shape index (κ2) is 6.60. The molecule has 0 saturated carbocycles. The van der Waals surface area contributed by atoms with Gasteiger partial charge < -0.3 is 10.4 Å². The van der Waals surface area contributed by atoms with Crippen molar-refractivity contribution in [3.63, 3.8) is 0 Å². The highest BCUT2D eigenvalue weighted by molar-refractivity contribution is 8.00. The van der Waals surface area contributed by atoms with Crippen molar-refractivity contribution in [3.8, 4) is 0 Å². The Morgan fingerprint density at radius 3 is 2.55 bits per heavy atom. The van der Waals surface area contributed by atoms with Crippen LogP contribution in [-0.4, -0.2) is 34.3 Å². The first kappa shape index (κ1) is 16.0. The Morgan fingerprint density at radius 2 is 2.00 bits per heavy atom. The highest BCUT2D eigenvalue weighted by Gasteiger charge is 2.31. The lowest BCUT2D eigenvalue weighted by atomic mass is 10.0. The van der Waals surface area contributed by atoms with Crippen molar-refractivity contribution in [2.45, 2.75) is 29.0 Å². The Balaban J connectivity index is 1.79. The van der Waals surface area contributed by atoms with E-state index in [0.717, 1.165) is 23.5 Å². The number of halogens is 3. The summed E-state index contributed by atoms with van der Waals surface area (Å²) in [5, 5.41) is 13.3. The molecule has 2 N–H and O–H groups in total. The van der Waals surface area contributed by atoms with Crippen LogP contribution >= 0.6 is 23.5 Å². The third-order valence-electron chi connectivity index (χ3n) is 3.02. The van der Waals surface area contributed by atoms with Gasteiger partial charge in [-0.15, -0.1) is 0 Å². The van der Waals surface area contributed by atoms with Gasteiger partial charge >= 0.3 is 5.51 Å². The molecule has 0 amide bonds. The number of rotatable bonds is 5. The second-order valence-corrected chi connectivity index (χ2v) is 7.07. The van der Waals surface area contributed by atoms with E-state index in [1.54, 1.807) is 23.9 Å². The van der Waals surface area contributed by atoms with E-state index in [2.05, 4.69) is 5.32 Å². The van der Waals surface area contributed by atoms with Gasteiger partial charge in [0.1, 0.15) is 0 Å². The van der Waals surface area contributed by atoms with Crippen LogP contribution in [0.25, 0.3) is 0 Å². The maximum atomic E-state index is 12.2. The standard InChI is InChI=1S/C13H16F3NOS2/c14-13(15,16)20-11-3-1-10(2-4-11)7-17-8-12(18)5-6-19-9-12/h1-4,17-18H,5-9H2. The van der Waals surface area contributed by atoms with E-state index in [0.29, 0.717) is 13.1 Å². The van der Waals surface area contributed by atoms with Gasteiger partial charge in [-0.05, 0) is 41.6 Å². The number of nitrogens with one attached hydrogen (secondary N) is 1. The Hall–Kier alpha value is -0.370. The summed E-state index contributed by atoms with van der Waals surface area (Å²) in [6, 6.07) is 6.29. The molecule has 1 aromatic carbocycles. The fourth-order valence-corrected chi connectivity index (χ4v) is 3.82. The first-order valence-corrected chi connectivity index (χ1v) is 8.19. The van der Waals surface area contributed by atoms with Gasteiger partial charge in [-0.25, -0.2) is 0 Å². The van der Waals surface area contributed by atoms with Crippen LogP contribution in [0.1, 0.15) is 12.0 Å². The highest BCUT2D eigenvalue weighted by atomic mass is 32.2. The lowest BCUT2D eigenvalue weighted by molar-refractivity contribution is -0.0328. The molecule has 112 valence electrons. The molecule has 2 nitrogen and oxygen atoms in total. The molecule has 1 saturated heterocycles. The predicted octanol–water partition coefficient (Wildman–Crippen LogP) is 3.26. The number of thioether (sulfide) groups is 2. The van der Waals surface area contributed by atoms with Crippen molar-refractivity contribution in [2.24, 2.45) is 0 Å². The normalized spacial score (nSPS) is 23.2. The first-order valence-electron chi connectivity index (χ1n) is 6.22. The van der Waals surface area contributed by atoms with Crippen molar-refractivity contribution >= 4 is 23.5 Å². The second-order valence-electron chi connectivity index (χ2n) is 4.82. The Morgan fingerprint density at radius 1 is 1.30 bits per heavy atom. The average molecular weight is 323 g/mol. The molecule has 1 aliphatic rings. The molecule has 1 aliphatic heterocycles. The molecular weight excluding hydrogens is 307 g/mol. The minimum atomic E-state index is -4.25. The molecule has 0 aliphatic carbocycles. The van der Waals surface area contributed by atoms with E-state index in [1.165, 1.54) is 12.1 Å². The zero-order valence-electron chi connectivity index (χ0n) is 10.7. The van der Waals surface area contributed by atoms with Crippen LogP contribution in [0, 0.1) is 0 Å². The zero-order chi connectivity index (χ0) is 14.6. The molecule has 1 fully saturated rings.